The maximum absolute atomic E-state index is 13.6. The first-order chi connectivity index (χ1) is 29.7. The van der Waals surface area contributed by atoms with Crippen LogP contribution in [-0.2, 0) is 61.8 Å². The standard InChI is InChI=1S/C23H30N4O5.C23H28N4O4/c1-16(12-24-13-17-8-6-5-7-9-17)14-27-19(20(28)29)18-15-25(10-11-26(18)21(27)30)22(31)32-23(2,3)4;1-16-12-25(14-17-8-6-5-7-9-17)20(28)19-18-15-24(22(30)31-23(2,3)4)10-11-26(18)21(29)27(19)13-16/h5-9,24H,1,10-15H2,2-4H3,(H,28,29);5-9H,1,10-15H2,2-4H3. The molecule has 0 saturated carbocycles. The van der Waals surface area contributed by atoms with Crippen LogP contribution < -0.4 is 16.7 Å². The molecule has 0 aliphatic carbocycles. The van der Waals surface area contributed by atoms with E-state index in [2.05, 4.69) is 18.5 Å². The Hall–Kier alpha value is -6.62. The Kier molecular flexibility index (Phi) is 13.7. The van der Waals surface area contributed by atoms with Crippen LogP contribution in [0.1, 0.15) is 85.0 Å². The van der Waals surface area contributed by atoms with Crippen LogP contribution in [0, 0.1) is 0 Å². The summed E-state index contributed by atoms with van der Waals surface area (Å²) in [4.78, 5) is 81.3. The molecule has 2 aromatic carbocycles. The molecule has 0 unspecified atom stereocenters. The summed E-state index contributed by atoms with van der Waals surface area (Å²) in [6, 6.07) is 19.6. The number of rotatable bonds is 9. The van der Waals surface area contributed by atoms with E-state index in [0.29, 0.717) is 61.9 Å². The average Bonchev–Trinajstić information content (AvgIpc) is 3.59. The van der Waals surface area contributed by atoms with Crippen molar-refractivity contribution in [3.05, 3.63) is 140 Å². The summed E-state index contributed by atoms with van der Waals surface area (Å²) in [6.07, 6.45) is -0.979. The second-order valence-electron chi connectivity index (χ2n) is 18.0. The lowest BCUT2D eigenvalue weighted by Gasteiger charge is -2.31. The van der Waals surface area contributed by atoms with Crippen molar-refractivity contribution in [3.8, 4) is 0 Å². The summed E-state index contributed by atoms with van der Waals surface area (Å²) in [7, 11) is 0. The number of aromatic nitrogens is 4. The fraction of sp³-hybridized carbons (Fsp3) is 0.435. The predicted octanol–water partition coefficient (Wildman–Crippen LogP) is 5.06. The van der Waals surface area contributed by atoms with Gasteiger partial charge < -0.3 is 34.6 Å². The summed E-state index contributed by atoms with van der Waals surface area (Å²) < 4.78 is 16.7. The summed E-state index contributed by atoms with van der Waals surface area (Å²) >= 11 is 0. The Labute approximate surface area is 366 Å². The molecule has 17 heteroatoms. The van der Waals surface area contributed by atoms with Gasteiger partial charge in [0.15, 0.2) is 5.69 Å². The van der Waals surface area contributed by atoms with Gasteiger partial charge in [-0.3, -0.25) is 23.1 Å². The Morgan fingerprint density at radius 2 is 1.22 bits per heavy atom. The Morgan fingerprint density at radius 1 is 0.698 bits per heavy atom. The van der Waals surface area contributed by atoms with Crippen molar-refractivity contribution in [2.45, 2.75) is 105 Å². The number of ether oxygens (including phenoxy) is 2. The smallest absolute Gasteiger partial charge is 0.410 e. The van der Waals surface area contributed by atoms with E-state index in [1.807, 2.05) is 81.4 Å². The van der Waals surface area contributed by atoms with Crippen LogP contribution in [0.5, 0.6) is 0 Å². The summed E-state index contributed by atoms with van der Waals surface area (Å²) in [5, 5.41) is 13.1. The van der Waals surface area contributed by atoms with Gasteiger partial charge in [0.1, 0.15) is 16.9 Å². The Balaban J connectivity index is 0.000000210. The maximum atomic E-state index is 13.6. The monoisotopic (exact) mass is 866 g/mol. The number of benzene rings is 2. The van der Waals surface area contributed by atoms with Crippen molar-refractivity contribution in [1.82, 2.24) is 38.3 Å². The average molecular weight is 867 g/mol. The van der Waals surface area contributed by atoms with E-state index in [0.717, 1.165) is 16.7 Å². The number of nitrogens with one attached hydrogen (secondary N) is 1. The minimum atomic E-state index is -1.22. The van der Waals surface area contributed by atoms with E-state index >= 15 is 0 Å². The minimum Gasteiger partial charge on any atom is -0.477 e. The summed E-state index contributed by atoms with van der Waals surface area (Å²) in [5.74, 6) is -1.44. The van der Waals surface area contributed by atoms with E-state index in [1.54, 1.807) is 35.1 Å². The molecule has 2 N–H and O–H groups in total. The number of carboxylic acids is 1. The van der Waals surface area contributed by atoms with Crippen molar-refractivity contribution in [1.29, 1.82) is 0 Å². The van der Waals surface area contributed by atoms with Crippen LogP contribution in [-0.4, -0.2) is 99.5 Å². The van der Waals surface area contributed by atoms with Crippen molar-refractivity contribution < 1.29 is 33.8 Å². The first kappa shape index (κ1) is 45.9. The largest absolute Gasteiger partial charge is 0.477 e. The lowest BCUT2D eigenvalue weighted by molar-refractivity contribution is 0.0187. The predicted molar refractivity (Wildman–Crippen MR) is 235 cm³/mol. The quantitative estimate of drug-likeness (QED) is 0.216. The number of nitrogens with zero attached hydrogens (tertiary/aromatic N) is 7. The molecular formula is C46H58N8O9. The first-order valence-corrected chi connectivity index (χ1v) is 21.0. The van der Waals surface area contributed by atoms with Crippen LogP contribution in [0.25, 0.3) is 0 Å². The van der Waals surface area contributed by atoms with E-state index in [1.165, 1.54) is 18.6 Å². The zero-order valence-electron chi connectivity index (χ0n) is 37.0. The van der Waals surface area contributed by atoms with Crippen LogP contribution in [0.4, 0.5) is 9.59 Å². The molecule has 336 valence electrons. The number of aromatic carboxylic acids is 1. The van der Waals surface area contributed by atoms with Gasteiger partial charge >= 0.3 is 29.5 Å². The van der Waals surface area contributed by atoms with Crippen LogP contribution in [0.2, 0.25) is 0 Å². The zero-order chi connectivity index (χ0) is 45.8. The van der Waals surface area contributed by atoms with E-state index in [4.69, 9.17) is 9.47 Å². The summed E-state index contributed by atoms with van der Waals surface area (Å²) in [6.45, 7) is 22.4. The lowest BCUT2D eigenvalue weighted by atomic mass is 10.1. The fourth-order valence-electron chi connectivity index (χ4n) is 7.72. The van der Waals surface area contributed by atoms with Gasteiger partial charge in [0.2, 0.25) is 0 Å². The Bertz CT molecular complexity index is 2500. The molecular weight excluding hydrogens is 809 g/mol. The van der Waals surface area contributed by atoms with Crippen molar-refractivity contribution in [2.75, 3.05) is 26.2 Å². The third-order valence-corrected chi connectivity index (χ3v) is 10.5. The van der Waals surface area contributed by atoms with Crippen LogP contribution >= 0.6 is 0 Å². The van der Waals surface area contributed by atoms with E-state index in [9.17, 15) is 33.9 Å². The highest BCUT2D eigenvalue weighted by Crippen LogP contribution is 2.25. The van der Waals surface area contributed by atoms with Gasteiger partial charge in [0.05, 0.1) is 31.0 Å². The number of carbonyl (C=O) groups excluding carboxylic acids is 3. The molecule has 3 aliphatic heterocycles. The normalized spacial score (nSPS) is 15.0. The van der Waals surface area contributed by atoms with Gasteiger partial charge in [0.25, 0.3) is 5.91 Å². The maximum Gasteiger partial charge on any atom is 0.410 e. The number of carboxylic acid groups (broad SMARTS) is 1. The molecule has 3 aliphatic rings. The summed E-state index contributed by atoms with van der Waals surface area (Å²) in [5.41, 5.74) is 2.73. The highest BCUT2D eigenvalue weighted by molar-refractivity contribution is 5.94. The number of carbonyl (C=O) groups is 4. The van der Waals surface area contributed by atoms with Crippen molar-refractivity contribution >= 4 is 24.1 Å². The molecule has 0 atom stereocenters. The molecule has 63 heavy (non-hydrogen) atoms. The van der Waals surface area contributed by atoms with Crippen molar-refractivity contribution in [3.63, 3.8) is 0 Å². The molecule has 0 saturated heterocycles. The number of amides is 3. The molecule has 17 nitrogen and oxygen atoms in total. The van der Waals surface area contributed by atoms with E-state index in [-0.39, 0.29) is 56.6 Å². The molecule has 0 fully saturated rings. The Morgan fingerprint density at radius 3 is 1.76 bits per heavy atom. The highest BCUT2D eigenvalue weighted by atomic mass is 16.6. The highest BCUT2D eigenvalue weighted by Gasteiger charge is 2.37. The second kappa shape index (κ2) is 18.8. The topological polar surface area (TPSA) is 183 Å². The fourth-order valence-corrected chi connectivity index (χ4v) is 7.72. The van der Waals surface area contributed by atoms with E-state index < -0.39 is 35.0 Å². The second-order valence-corrected chi connectivity index (χ2v) is 18.0. The third-order valence-electron chi connectivity index (χ3n) is 10.5. The molecule has 2 aromatic heterocycles. The van der Waals surface area contributed by atoms with Crippen molar-refractivity contribution in [2.24, 2.45) is 0 Å². The van der Waals surface area contributed by atoms with Gasteiger partial charge in [-0.25, -0.2) is 24.0 Å². The molecule has 5 heterocycles. The van der Waals surface area contributed by atoms with Crippen LogP contribution in [0.15, 0.2) is 94.6 Å². The SMILES string of the molecule is C=C(CNCc1ccccc1)Cn1c(C(=O)O)c2n(c1=O)CCN(C(=O)OC(C)(C)C)C2.C=C1CN(Cc2ccccc2)C(=O)c2c3n(c(=O)n2C1)CCN(C(=O)OC(C)(C)C)C3. The lowest BCUT2D eigenvalue weighted by Crippen LogP contribution is -2.43. The van der Waals surface area contributed by atoms with Gasteiger partial charge in [-0.15, -0.1) is 0 Å². The number of hydrogen-bond acceptors (Lipinski definition) is 9. The molecule has 0 bridgehead atoms. The molecule has 0 spiro atoms. The molecule has 3 amide bonds. The first-order valence-electron chi connectivity index (χ1n) is 21.0. The van der Waals surface area contributed by atoms with Crippen LogP contribution in [0.3, 0.4) is 0 Å². The van der Waals surface area contributed by atoms with Gasteiger partial charge in [-0.2, -0.15) is 0 Å². The third kappa shape index (κ3) is 11.1. The number of hydrogen-bond donors (Lipinski definition) is 2. The minimum absolute atomic E-state index is 0.00246. The van der Waals surface area contributed by atoms with Gasteiger partial charge in [-0.1, -0.05) is 73.8 Å². The molecule has 7 rings (SSSR count). The molecule has 4 aromatic rings. The number of fused-ring (bicyclic) bond motifs is 4. The van der Waals surface area contributed by atoms with Gasteiger partial charge in [-0.05, 0) is 63.8 Å². The zero-order valence-corrected chi connectivity index (χ0v) is 37.0. The molecule has 0 radical (unpaired) electrons. The number of imidazole rings is 2. The van der Waals surface area contributed by atoms with Gasteiger partial charge in [0, 0.05) is 58.9 Å².